The van der Waals surface area contributed by atoms with E-state index in [4.69, 9.17) is 0 Å². The smallest absolute Gasteiger partial charge is 0.237 e. The molecule has 1 amide bonds. The van der Waals surface area contributed by atoms with Crippen LogP contribution in [0, 0.1) is 0 Å². The normalized spacial score (nSPS) is 35.7. The lowest BCUT2D eigenvalue weighted by molar-refractivity contribution is -0.123. The van der Waals surface area contributed by atoms with Gasteiger partial charge in [0.1, 0.15) is 0 Å². The van der Waals surface area contributed by atoms with Crippen molar-refractivity contribution in [2.45, 2.75) is 49.4 Å². The van der Waals surface area contributed by atoms with Crippen LogP contribution >= 0.6 is 11.8 Å². The van der Waals surface area contributed by atoms with Gasteiger partial charge in [0.25, 0.3) is 0 Å². The van der Waals surface area contributed by atoms with Crippen LogP contribution in [0.5, 0.6) is 0 Å². The Hall–Kier alpha value is -0.220. The Morgan fingerprint density at radius 3 is 2.87 bits per heavy atom. The summed E-state index contributed by atoms with van der Waals surface area (Å²) in [5.74, 6) is 0.222. The highest BCUT2D eigenvalue weighted by atomic mass is 32.2. The van der Waals surface area contributed by atoms with Crippen molar-refractivity contribution < 1.29 is 4.79 Å². The van der Waals surface area contributed by atoms with Gasteiger partial charge < -0.3 is 10.6 Å². The molecule has 1 saturated heterocycles. The van der Waals surface area contributed by atoms with Crippen LogP contribution in [0.1, 0.15) is 32.1 Å². The first-order valence-corrected chi connectivity index (χ1v) is 7.15. The second-order valence-corrected chi connectivity index (χ2v) is 5.66. The minimum Gasteiger partial charge on any atom is -0.352 e. The average molecular weight is 228 g/mol. The Labute approximate surface area is 95.8 Å². The van der Waals surface area contributed by atoms with Crippen LogP contribution in [-0.4, -0.2) is 36.0 Å². The highest BCUT2D eigenvalue weighted by Crippen LogP contribution is 2.28. The van der Waals surface area contributed by atoms with Gasteiger partial charge in [-0.2, -0.15) is 11.8 Å². The van der Waals surface area contributed by atoms with Gasteiger partial charge in [0.15, 0.2) is 0 Å². The summed E-state index contributed by atoms with van der Waals surface area (Å²) >= 11 is 1.93. The number of hydrogen-bond donors (Lipinski definition) is 2. The Kier molecular flexibility index (Phi) is 3.92. The summed E-state index contributed by atoms with van der Waals surface area (Å²) in [4.78, 5) is 11.8. The molecule has 0 aromatic carbocycles. The number of thioether (sulfide) groups is 1. The van der Waals surface area contributed by atoms with Crippen LogP contribution < -0.4 is 10.6 Å². The Bertz CT molecular complexity index is 229. The second kappa shape index (κ2) is 5.21. The van der Waals surface area contributed by atoms with E-state index in [1.807, 2.05) is 11.8 Å². The molecule has 1 aliphatic heterocycles. The number of amides is 1. The lowest BCUT2D eigenvalue weighted by Gasteiger charge is -2.16. The highest BCUT2D eigenvalue weighted by molar-refractivity contribution is 7.99. The van der Waals surface area contributed by atoms with Gasteiger partial charge in [0.05, 0.1) is 6.04 Å². The van der Waals surface area contributed by atoms with Crippen molar-refractivity contribution in [1.29, 1.82) is 0 Å². The monoisotopic (exact) mass is 228 g/mol. The number of carbonyl (C=O) groups is 1. The van der Waals surface area contributed by atoms with Gasteiger partial charge in [-0.15, -0.1) is 0 Å². The molecule has 0 aromatic heterocycles. The van der Waals surface area contributed by atoms with Crippen molar-refractivity contribution in [3.63, 3.8) is 0 Å². The topological polar surface area (TPSA) is 41.1 Å². The van der Waals surface area contributed by atoms with Crippen molar-refractivity contribution in [3.05, 3.63) is 0 Å². The van der Waals surface area contributed by atoms with E-state index in [1.54, 1.807) is 0 Å². The van der Waals surface area contributed by atoms with Crippen LogP contribution in [0.4, 0.5) is 0 Å². The predicted molar refractivity (Wildman–Crippen MR) is 64.1 cm³/mol. The Balaban J connectivity index is 1.74. The molecular weight excluding hydrogens is 208 g/mol. The Morgan fingerprint density at radius 2 is 2.27 bits per heavy atom. The van der Waals surface area contributed by atoms with Crippen molar-refractivity contribution in [2.75, 3.05) is 12.8 Å². The van der Waals surface area contributed by atoms with E-state index in [0.717, 1.165) is 37.5 Å². The lowest BCUT2D eigenvalue weighted by Crippen LogP contribution is -2.44. The summed E-state index contributed by atoms with van der Waals surface area (Å²) in [5.41, 5.74) is 0. The molecule has 2 N–H and O–H groups in total. The van der Waals surface area contributed by atoms with E-state index in [9.17, 15) is 4.79 Å². The van der Waals surface area contributed by atoms with Gasteiger partial charge in [0.2, 0.25) is 5.91 Å². The zero-order valence-corrected chi connectivity index (χ0v) is 10.1. The van der Waals surface area contributed by atoms with Crippen LogP contribution in [0.25, 0.3) is 0 Å². The third-order valence-electron chi connectivity index (χ3n) is 3.44. The first-order valence-electron chi connectivity index (χ1n) is 5.86. The minimum atomic E-state index is 0.0818. The number of carbonyl (C=O) groups excluding carboxylic acids is 1. The van der Waals surface area contributed by atoms with E-state index in [-0.39, 0.29) is 11.9 Å². The molecule has 2 unspecified atom stereocenters. The zero-order chi connectivity index (χ0) is 10.7. The quantitative estimate of drug-likeness (QED) is 0.761. The lowest BCUT2D eigenvalue weighted by atomic mass is 10.2. The predicted octanol–water partition coefficient (Wildman–Crippen LogP) is 1.14. The molecule has 2 rings (SSSR count). The molecule has 0 bridgehead atoms. The summed E-state index contributed by atoms with van der Waals surface area (Å²) in [6, 6.07) is 0.510. The standard InChI is InChI=1S/C11H20N2OS/c1-15-9-5-4-8(7-9)13-11(14)10-3-2-6-12-10/h8-10,12H,2-7H2,1H3,(H,13,14)/t8?,9?,10-/m0/s1. The molecule has 0 radical (unpaired) electrons. The number of nitrogens with one attached hydrogen (secondary N) is 2. The van der Waals surface area contributed by atoms with Gasteiger partial charge in [-0.3, -0.25) is 4.79 Å². The number of hydrogen-bond acceptors (Lipinski definition) is 3. The Morgan fingerprint density at radius 1 is 1.40 bits per heavy atom. The molecule has 0 aromatic rings. The molecule has 4 heteroatoms. The minimum absolute atomic E-state index is 0.0818. The van der Waals surface area contributed by atoms with Crippen molar-refractivity contribution in [1.82, 2.24) is 10.6 Å². The molecule has 1 aliphatic carbocycles. The van der Waals surface area contributed by atoms with Gasteiger partial charge >= 0.3 is 0 Å². The molecular formula is C11H20N2OS. The molecule has 1 saturated carbocycles. The molecule has 1 heterocycles. The van der Waals surface area contributed by atoms with Gasteiger partial charge in [-0.25, -0.2) is 0 Å². The molecule has 2 fully saturated rings. The summed E-state index contributed by atoms with van der Waals surface area (Å²) in [7, 11) is 0. The summed E-state index contributed by atoms with van der Waals surface area (Å²) < 4.78 is 0. The van der Waals surface area contributed by atoms with Gasteiger partial charge in [0, 0.05) is 11.3 Å². The van der Waals surface area contributed by atoms with Gasteiger partial charge in [-0.05, 0) is 44.9 Å². The van der Waals surface area contributed by atoms with Crippen LogP contribution in [-0.2, 0) is 4.79 Å². The van der Waals surface area contributed by atoms with Crippen LogP contribution in [0.2, 0.25) is 0 Å². The zero-order valence-electron chi connectivity index (χ0n) is 9.29. The van der Waals surface area contributed by atoms with Crippen molar-refractivity contribution in [2.24, 2.45) is 0 Å². The SMILES string of the molecule is CSC1CCC(NC(=O)[C@@H]2CCCN2)C1. The van der Waals surface area contributed by atoms with E-state index in [0.29, 0.717) is 6.04 Å². The fourth-order valence-electron chi connectivity index (χ4n) is 2.50. The fourth-order valence-corrected chi connectivity index (χ4v) is 3.29. The maximum Gasteiger partial charge on any atom is 0.237 e. The largest absolute Gasteiger partial charge is 0.352 e. The van der Waals surface area contributed by atoms with E-state index in [2.05, 4.69) is 16.9 Å². The highest BCUT2D eigenvalue weighted by Gasteiger charge is 2.28. The molecule has 0 spiro atoms. The van der Waals surface area contributed by atoms with E-state index < -0.39 is 0 Å². The molecule has 15 heavy (non-hydrogen) atoms. The second-order valence-electron chi connectivity index (χ2n) is 4.53. The maximum atomic E-state index is 11.8. The fraction of sp³-hybridized carbons (Fsp3) is 0.909. The summed E-state index contributed by atoms with van der Waals surface area (Å²) in [5, 5.41) is 7.16. The van der Waals surface area contributed by atoms with Crippen molar-refractivity contribution >= 4 is 17.7 Å². The van der Waals surface area contributed by atoms with Gasteiger partial charge in [-0.1, -0.05) is 0 Å². The van der Waals surface area contributed by atoms with Crippen molar-refractivity contribution in [3.8, 4) is 0 Å². The number of rotatable bonds is 3. The van der Waals surface area contributed by atoms with Crippen LogP contribution in [0.15, 0.2) is 0 Å². The first-order chi connectivity index (χ1) is 7.29. The third-order valence-corrected chi connectivity index (χ3v) is 4.54. The maximum absolute atomic E-state index is 11.8. The van der Waals surface area contributed by atoms with E-state index in [1.165, 1.54) is 6.42 Å². The molecule has 3 atom stereocenters. The molecule has 2 aliphatic rings. The molecule has 3 nitrogen and oxygen atoms in total. The van der Waals surface area contributed by atoms with E-state index >= 15 is 0 Å². The van der Waals surface area contributed by atoms with Crippen LogP contribution in [0.3, 0.4) is 0 Å². The molecule has 86 valence electrons. The summed E-state index contributed by atoms with van der Waals surface area (Å²) in [6.45, 7) is 0.996. The first kappa shape index (κ1) is 11.3. The third kappa shape index (κ3) is 2.88. The average Bonchev–Trinajstić information content (AvgIpc) is 2.87. The summed E-state index contributed by atoms with van der Waals surface area (Å²) in [6.07, 6.45) is 7.86.